The summed E-state index contributed by atoms with van der Waals surface area (Å²) in [5.74, 6) is -1.18. The molecule has 0 fully saturated rings. The van der Waals surface area contributed by atoms with Gasteiger partial charge < -0.3 is 9.52 Å². The fourth-order valence-corrected chi connectivity index (χ4v) is 3.90. The van der Waals surface area contributed by atoms with Gasteiger partial charge in [-0.05, 0) is 30.7 Å². The van der Waals surface area contributed by atoms with Crippen molar-refractivity contribution in [3.63, 3.8) is 0 Å². The topological polar surface area (TPSA) is 96.6 Å². The monoisotopic (exact) mass is 347 g/mol. The first-order valence-electron chi connectivity index (χ1n) is 7.59. The first-order chi connectivity index (χ1) is 11.4. The van der Waals surface area contributed by atoms with E-state index in [-0.39, 0.29) is 11.3 Å². The number of sulfonamides is 1. The minimum Gasteiger partial charge on any atom is -0.480 e. The molecule has 3 rings (SSSR count). The molecule has 2 N–H and O–H groups in total. The second kappa shape index (κ2) is 6.26. The van der Waals surface area contributed by atoms with Crippen LogP contribution in [0.5, 0.6) is 0 Å². The number of rotatable bonds is 6. The Bertz CT molecular complexity index is 1010. The molecule has 0 saturated heterocycles. The van der Waals surface area contributed by atoms with Gasteiger partial charge >= 0.3 is 5.97 Å². The Morgan fingerprint density at radius 3 is 2.58 bits per heavy atom. The number of carboxylic acid groups (broad SMARTS) is 1. The van der Waals surface area contributed by atoms with Crippen LogP contribution in [0.2, 0.25) is 0 Å². The number of carboxylic acids is 1. The van der Waals surface area contributed by atoms with Crippen molar-refractivity contribution in [1.82, 2.24) is 4.72 Å². The lowest BCUT2D eigenvalue weighted by molar-refractivity contribution is -0.139. The molecule has 0 aliphatic heterocycles. The second-order valence-corrected chi connectivity index (χ2v) is 7.27. The molecule has 1 heterocycles. The third-order valence-corrected chi connectivity index (χ3v) is 5.30. The van der Waals surface area contributed by atoms with Gasteiger partial charge in [-0.1, -0.05) is 31.5 Å². The first kappa shape index (κ1) is 16.5. The number of hydrogen-bond donors (Lipinski definition) is 2. The average molecular weight is 347 g/mol. The minimum atomic E-state index is -3.94. The zero-order valence-corrected chi connectivity index (χ0v) is 13.8. The Labute approximate surface area is 139 Å². The summed E-state index contributed by atoms with van der Waals surface area (Å²) in [7, 11) is -3.94. The van der Waals surface area contributed by atoms with Gasteiger partial charge in [-0.15, -0.1) is 0 Å². The van der Waals surface area contributed by atoms with Crippen LogP contribution in [0.1, 0.15) is 19.8 Å². The van der Waals surface area contributed by atoms with Crippen molar-refractivity contribution >= 4 is 37.9 Å². The summed E-state index contributed by atoms with van der Waals surface area (Å²) in [5, 5.41) is 10.6. The van der Waals surface area contributed by atoms with E-state index in [0.29, 0.717) is 23.0 Å². The minimum absolute atomic E-state index is 0.0175. The highest BCUT2D eigenvalue weighted by atomic mass is 32.2. The number of hydrogen-bond acceptors (Lipinski definition) is 4. The van der Waals surface area contributed by atoms with Crippen molar-refractivity contribution in [3.8, 4) is 0 Å². The lowest BCUT2D eigenvalue weighted by Gasteiger charge is -2.13. The molecule has 7 heteroatoms. The fraction of sp³-hybridized carbons (Fsp3) is 0.235. The highest BCUT2D eigenvalue weighted by Gasteiger charge is 2.25. The third-order valence-electron chi connectivity index (χ3n) is 3.83. The maximum atomic E-state index is 12.5. The molecule has 1 aromatic heterocycles. The number of nitrogens with one attached hydrogen (secondary N) is 1. The van der Waals surface area contributed by atoms with Crippen LogP contribution < -0.4 is 4.72 Å². The van der Waals surface area contributed by atoms with Crippen LogP contribution in [0.4, 0.5) is 0 Å². The van der Waals surface area contributed by atoms with Crippen molar-refractivity contribution in [1.29, 1.82) is 0 Å². The molecule has 0 unspecified atom stereocenters. The van der Waals surface area contributed by atoms with E-state index in [1.54, 1.807) is 13.0 Å². The van der Waals surface area contributed by atoms with Crippen molar-refractivity contribution in [3.05, 3.63) is 42.5 Å². The normalized spacial score (nSPS) is 13.4. The highest BCUT2D eigenvalue weighted by molar-refractivity contribution is 7.89. The SMILES string of the molecule is CCC[C@H](NS(=O)(=O)c1ccc2oc3ccccc3c2c1)C(=O)O. The molecule has 0 radical (unpaired) electrons. The zero-order chi connectivity index (χ0) is 17.3. The van der Waals surface area contributed by atoms with E-state index >= 15 is 0 Å². The number of fused-ring (bicyclic) bond motifs is 3. The molecule has 0 saturated carbocycles. The molecule has 3 aromatic rings. The Kier molecular flexibility index (Phi) is 4.29. The predicted molar refractivity (Wildman–Crippen MR) is 90.4 cm³/mol. The summed E-state index contributed by atoms with van der Waals surface area (Å²) in [6.45, 7) is 1.80. The van der Waals surface area contributed by atoms with Crippen molar-refractivity contribution in [2.45, 2.75) is 30.7 Å². The molecule has 1 atom stereocenters. The van der Waals surface area contributed by atoms with Crippen LogP contribution in [-0.2, 0) is 14.8 Å². The van der Waals surface area contributed by atoms with Crippen molar-refractivity contribution < 1.29 is 22.7 Å². The van der Waals surface area contributed by atoms with Crippen LogP contribution in [0.3, 0.4) is 0 Å². The number of carbonyl (C=O) groups is 1. The number of benzene rings is 2. The largest absolute Gasteiger partial charge is 0.480 e. The van der Waals surface area contributed by atoms with Gasteiger partial charge in [0.15, 0.2) is 0 Å². The molecule has 24 heavy (non-hydrogen) atoms. The Hall–Kier alpha value is -2.38. The van der Waals surface area contributed by atoms with Crippen molar-refractivity contribution in [2.24, 2.45) is 0 Å². The zero-order valence-electron chi connectivity index (χ0n) is 13.0. The van der Waals surface area contributed by atoms with Crippen LogP contribution in [-0.4, -0.2) is 25.5 Å². The summed E-state index contributed by atoms with van der Waals surface area (Å²) in [4.78, 5) is 11.2. The standard InChI is InChI=1S/C17H17NO5S/c1-2-5-14(17(19)20)18-24(21,22)11-8-9-16-13(10-11)12-6-3-4-7-15(12)23-16/h3-4,6-10,14,18H,2,5H2,1H3,(H,19,20)/t14-/m0/s1. The quantitative estimate of drug-likeness (QED) is 0.714. The third kappa shape index (κ3) is 3.00. The van der Waals surface area contributed by atoms with Gasteiger partial charge in [0.25, 0.3) is 0 Å². The number of para-hydroxylation sites is 1. The second-order valence-electron chi connectivity index (χ2n) is 5.56. The Morgan fingerprint density at radius 1 is 1.17 bits per heavy atom. The van der Waals surface area contributed by atoms with E-state index in [9.17, 15) is 13.2 Å². The number of furan rings is 1. The molecule has 126 valence electrons. The van der Waals surface area contributed by atoms with Gasteiger partial charge in [-0.2, -0.15) is 4.72 Å². The first-order valence-corrected chi connectivity index (χ1v) is 9.07. The molecular weight excluding hydrogens is 330 g/mol. The predicted octanol–water partition coefficient (Wildman–Crippen LogP) is 3.12. The average Bonchev–Trinajstić information content (AvgIpc) is 2.92. The van der Waals surface area contributed by atoms with Gasteiger partial charge in [0, 0.05) is 10.8 Å². The van der Waals surface area contributed by atoms with Gasteiger partial charge in [0.2, 0.25) is 10.0 Å². The van der Waals surface area contributed by atoms with Gasteiger partial charge in [0.1, 0.15) is 17.2 Å². The smallest absolute Gasteiger partial charge is 0.321 e. The Morgan fingerprint density at radius 2 is 1.88 bits per heavy atom. The summed E-state index contributed by atoms with van der Waals surface area (Å²) in [5.41, 5.74) is 1.25. The van der Waals surface area contributed by atoms with E-state index < -0.39 is 22.0 Å². The molecule has 0 aliphatic carbocycles. The molecule has 0 amide bonds. The van der Waals surface area contributed by atoms with Gasteiger partial charge in [-0.3, -0.25) is 4.79 Å². The maximum absolute atomic E-state index is 12.5. The molecule has 6 nitrogen and oxygen atoms in total. The molecule has 0 spiro atoms. The Balaban J connectivity index is 2.04. The highest BCUT2D eigenvalue weighted by Crippen LogP contribution is 2.30. The van der Waals surface area contributed by atoms with E-state index in [2.05, 4.69) is 4.72 Å². The molecular formula is C17H17NO5S. The molecule has 0 bridgehead atoms. The van der Waals surface area contributed by atoms with E-state index in [1.807, 2.05) is 24.3 Å². The van der Waals surface area contributed by atoms with Crippen LogP contribution in [0, 0.1) is 0 Å². The van der Waals surface area contributed by atoms with E-state index in [1.165, 1.54) is 12.1 Å². The van der Waals surface area contributed by atoms with E-state index in [4.69, 9.17) is 9.52 Å². The van der Waals surface area contributed by atoms with Gasteiger partial charge in [0.05, 0.1) is 4.90 Å². The summed E-state index contributed by atoms with van der Waals surface area (Å²) in [6, 6.07) is 10.7. The molecule has 2 aromatic carbocycles. The van der Waals surface area contributed by atoms with Crippen molar-refractivity contribution in [2.75, 3.05) is 0 Å². The van der Waals surface area contributed by atoms with Gasteiger partial charge in [-0.25, -0.2) is 8.42 Å². The van der Waals surface area contributed by atoms with Crippen LogP contribution in [0.15, 0.2) is 51.8 Å². The van der Waals surface area contributed by atoms with Crippen LogP contribution >= 0.6 is 0 Å². The molecule has 0 aliphatic rings. The summed E-state index contributed by atoms with van der Waals surface area (Å²) >= 11 is 0. The lowest BCUT2D eigenvalue weighted by atomic mass is 10.1. The number of aliphatic carboxylic acids is 1. The summed E-state index contributed by atoms with van der Waals surface area (Å²) < 4.78 is 33.0. The van der Waals surface area contributed by atoms with Crippen LogP contribution in [0.25, 0.3) is 21.9 Å². The maximum Gasteiger partial charge on any atom is 0.321 e. The lowest BCUT2D eigenvalue weighted by Crippen LogP contribution is -2.40. The summed E-state index contributed by atoms with van der Waals surface area (Å²) in [6.07, 6.45) is 0.788. The van der Waals surface area contributed by atoms with E-state index in [0.717, 1.165) is 5.39 Å². The fourth-order valence-electron chi connectivity index (χ4n) is 2.65.